The van der Waals surface area contributed by atoms with E-state index in [1.165, 1.54) is 28.4 Å². The second-order valence-corrected chi connectivity index (χ2v) is 19.8. The van der Waals surface area contributed by atoms with Gasteiger partial charge in [0.2, 0.25) is 17.7 Å². The molecule has 17 heteroatoms. The normalized spacial score (nSPS) is 20.7. The summed E-state index contributed by atoms with van der Waals surface area (Å²) < 4.78 is 33.2. The van der Waals surface area contributed by atoms with Crippen molar-refractivity contribution in [2.45, 2.75) is 88.9 Å². The summed E-state index contributed by atoms with van der Waals surface area (Å²) in [5, 5.41) is 10.4. The number of imidazole rings is 1. The van der Waals surface area contributed by atoms with Crippen molar-refractivity contribution in [3.63, 3.8) is 0 Å². The van der Waals surface area contributed by atoms with Gasteiger partial charge in [0.25, 0.3) is 11.8 Å². The number of halogens is 2. The highest BCUT2D eigenvalue weighted by Gasteiger charge is 2.53. The third-order valence-electron chi connectivity index (χ3n) is 14.7. The van der Waals surface area contributed by atoms with E-state index < -0.39 is 35.6 Å². The lowest BCUT2D eigenvalue weighted by molar-refractivity contribution is -0.136. The Labute approximate surface area is 383 Å². The fraction of sp³-hybridized carbons (Fsp3) is 0.408. The highest BCUT2D eigenvalue weighted by molar-refractivity contribution is 7.13. The number of thiazole rings is 1. The minimum atomic E-state index is -1.05. The first kappa shape index (κ1) is 42.2. The Morgan fingerprint density at radius 2 is 1.71 bits per heavy atom. The number of imide groups is 1. The van der Waals surface area contributed by atoms with Crippen molar-refractivity contribution in [1.29, 1.82) is 0 Å². The van der Waals surface area contributed by atoms with E-state index in [2.05, 4.69) is 30.8 Å². The number of benzene rings is 3. The van der Waals surface area contributed by atoms with Crippen LogP contribution in [0, 0.1) is 23.0 Å². The lowest BCUT2D eigenvalue weighted by Crippen LogP contribution is -2.62. The van der Waals surface area contributed by atoms with E-state index in [-0.39, 0.29) is 53.1 Å². The van der Waals surface area contributed by atoms with E-state index >= 15 is 8.78 Å². The molecular formula is C49H49F2N9O5S. The molecule has 1 spiro atoms. The van der Waals surface area contributed by atoms with E-state index in [1.54, 1.807) is 36.1 Å². The number of hydrogen-bond donors (Lipinski definition) is 3. The van der Waals surface area contributed by atoms with Crippen LogP contribution in [0.3, 0.4) is 0 Å². The number of fused-ring (bicyclic) bond motifs is 2. The minimum Gasteiger partial charge on any atom is -0.374 e. The first-order valence-electron chi connectivity index (χ1n) is 22.9. The van der Waals surface area contributed by atoms with Crippen LogP contribution in [0.25, 0.3) is 11.1 Å². The number of rotatable bonds is 11. The zero-order chi connectivity index (χ0) is 45.3. The number of nitrogens with one attached hydrogen (secondary N) is 3. The number of aromatic nitrogens is 3. The van der Waals surface area contributed by atoms with Gasteiger partial charge in [0.05, 0.1) is 18.6 Å². The maximum Gasteiger partial charge on any atom is 0.255 e. The standard InChI is InChI=1S/C49H49F2N9O5S/c50-37-20-31(19-35-36(37)24-60(47(35)65)44(46(64)56-48-52-13-17-66-48)43-40-2-1-14-58(40)27-53-43)29-3-6-33(7-4-29)59-25-49(26-59)22-28(23-49)18-42(62)57-15-11-30(12-16-57)34-8-5-32(21-38(34)51)54-39-9-10-41(61)55-45(39)63/h3-8,13,17,19-21,27-28,30,39,44,54H,1-2,9-12,14-16,18,22-26H2,(H,52,56,64)(H,55,61,63)/t39-,44?/m0/s1. The average molecular weight is 914 g/mol. The second kappa shape index (κ2) is 16.7. The number of aryl methyl sites for hydroxylation is 1. The fourth-order valence-corrected chi connectivity index (χ4v) is 11.9. The molecule has 3 N–H and O–H groups in total. The summed E-state index contributed by atoms with van der Waals surface area (Å²) in [5.74, 6) is -1.87. The zero-order valence-corrected chi connectivity index (χ0v) is 37.0. The second-order valence-electron chi connectivity index (χ2n) is 18.9. The smallest absolute Gasteiger partial charge is 0.255 e. The van der Waals surface area contributed by atoms with E-state index in [1.807, 2.05) is 33.7 Å². The van der Waals surface area contributed by atoms with Crippen molar-refractivity contribution < 1.29 is 32.8 Å². The monoisotopic (exact) mass is 913 g/mol. The molecule has 1 unspecified atom stereocenters. The summed E-state index contributed by atoms with van der Waals surface area (Å²) in [6, 6.07) is 14.5. The molecule has 5 amide bonds. The van der Waals surface area contributed by atoms with E-state index in [4.69, 9.17) is 0 Å². The maximum absolute atomic E-state index is 15.9. The number of carbonyl (C=O) groups excluding carboxylic acids is 5. The largest absolute Gasteiger partial charge is 0.374 e. The SMILES string of the molecule is O=C1CC[C@H](Nc2ccc(C3CCN(C(=O)CC4CC5(C4)CN(c4ccc(-c6cc(F)c7c(c6)C(=O)N(C(C(=O)Nc6nccs6)c6ncn8c6CCC8)C7)cc4)C5)CC3)c(F)c2)C(=O)N1. The molecule has 5 aliphatic heterocycles. The van der Waals surface area contributed by atoms with E-state index in [9.17, 15) is 24.0 Å². The van der Waals surface area contributed by atoms with Crippen molar-refractivity contribution >= 4 is 57.4 Å². The van der Waals surface area contributed by atoms with Crippen LogP contribution in [0.15, 0.2) is 72.5 Å². The molecule has 0 bridgehead atoms. The Bertz CT molecular complexity index is 2760. The maximum atomic E-state index is 15.9. The zero-order valence-electron chi connectivity index (χ0n) is 36.2. The van der Waals surface area contributed by atoms with Crippen LogP contribution in [-0.4, -0.2) is 86.1 Å². The molecule has 14 nitrogen and oxygen atoms in total. The molecule has 6 aliphatic rings. The molecule has 2 atom stereocenters. The van der Waals surface area contributed by atoms with Crippen molar-refractivity contribution in [3.05, 3.63) is 112 Å². The van der Waals surface area contributed by atoms with Gasteiger partial charge in [-0.25, -0.2) is 18.7 Å². The van der Waals surface area contributed by atoms with Crippen molar-refractivity contribution in [2.24, 2.45) is 11.3 Å². The molecule has 4 fully saturated rings. The minimum absolute atomic E-state index is 0.00806. The summed E-state index contributed by atoms with van der Waals surface area (Å²) in [6.07, 6.45) is 9.48. The number of likely N-dealkylation sites (tertiary alicyclic amines) is 1. The van der Waals surface area contributed by atoms with Crippen LogP contribution >= 0.6 is 11.3 Å². The van der Waals surface area contributed by atoms with Gasteiger partial charge in [-0.05, 0) is 110 Å². The number of nitrogens with zero attached hydrogens (tertiary/aromatic N) is 6. The van der Waals surface area contributed by atoms with Gasteiger partial charge in [0.1, 0.15) is 17.7 Å². The Morgan fingerprint density at radius 3 is 2.45 bits per heavy atom. The Balaban J connectivity index is 0.666. The first-order chi connectivity index (χ1) is 32.0. The molecule has 1 aliphatic carbocycles. The third kappa shape index (κ3) is 7.79. The third-order valence-corrected chi connectivity index (χ3v) is 15.4. The molecule has 2 aromatic heterocycles. The van der Waals surface area contributed by atoms with Crippen LogP contribution in [0.2, 0.25) is 0 Å². The lowest BCUT2D eigenvalue weighted by Gasteiger charge is -2.60. The van der Waals surface area contributed by atoms with Gasteiger partial charge >= 0.3 is 0 Å². The Kier molecular flexibility index (Phi) is 10.7. The number of anilines is 3. The van der Waals surface area contributed by atoms with Crippen molar-refractivity contribution in [3.8, 4) is 11.1 Å². The molecule has 3 aromatic carbocycles. The molecule has 5 aromatic rings. The van der Waals surface area contributed by atoms with Gasteiger partial charge in [-0.2, -0.15) is 0 Å². The molecule has 11 rings (SSSR count). The van der Waals surface area contributed by atoms with Crippen LogP contribution in [-0.2, 0) is 38.7 Å². The van der Waals surface area contributed by atoms with Gasteiger partial charge < -0.3 is 24.6 Å². The quantitative estimate of drug-likeness (QED) is 0.121. The van der Waals surface area contributed by atoms with Crippen molar-refractivity contribution in [2.75, 3.05) is 41.7 Å². The van der Waals surface area contributed by atoms with E-state index in [0.29, 0.717) is 72.3 Å². The Morgan fingerprint density at radius 1 is 0.909 bits per heavy atom. The number of amides is 5. The van der Waals surface area contributed by atoms with Gasteiger partial charge in [0, 0.05) is 90.8 Å². The molecule has 3 saturated heterocycles. The summed E-state index contributed by atoms with van der Waals surface area (Å²) in [4.78, 5) is 79.4. The first-order valence-corrected chi connectivity index (χ1v) is 23.8. The number of piperidine rings is 2. The van der Waals surface area contributed by atoms with Gasteiger partial charge in [-0.1, -0.05) is 18.2 Å². The lowest BCUT2D eigenvalue weighted by atomic mass is 9.57. The number of carbonyl (C=O) groups is 5. The highest BCUT2D eigenvalue weighted by Crippen LogP contribution is 2.54. The molecule has 340 valence electrons. The van der Waals surface area contributed by atoms with Crippen LogP contribution < -0.4 is 20.9 Å². The van der Waals surface area contributed by atoms with E-state index in [0.717, 1.165) is 62.3 Å². The van der Waals surface area contributed by atoms with Gasteiger partial charge in [-0.15, -0.1) is 11.3 Å². The summed E-state index contributed by atoms with van der Waals surface area (Å²) in [5.41, 5.74) is 5.67. The highest BCUT2D eigenvalue weighted by atomic mass is 32.1. The molecule has 0 radical (unpaired) electrons. The predicted molar refractivity (Wildman–Crippen MR) is 242 cm³/mol. The molecule has 7 heterocycles. The molecular weight excluding hydrogens is 865 g/mol. The number of hydrogen-bond acceptors (Lipinski definition) is 10. The predicted octanol–water partition coefficient (Wildman–Crippen LogP) is 6.80. The topological polar surface area (TPSA) is 162 Å². The Hall–Kier alpha value is -6.49. The average Bonchev–Trinajstić information content (AvgIpc) is 4.11. The summed E-state index contributed by atoms with van der Waals surface area (Å²) >= 11 is 1.28. The van der Waals surface area contributed by atoms with Gasteiger partial charge in [-0.3, -0.25) is 34.6 Å². The van der Waals surface area contributed by atoms with Gasteiger partial charge in [0.15, 0.2) is 11.2 Å². The van der Waals surface area contributed by atoms with Crippen LogP contribution in [0.5, 0.6) is 0 Å². The van der Waals surface area contributed by atoms with Crippen LogP contribution in [0.1, 0.15) is 96.2 Å². The summed E-state index contributed by atoms with van der Waals surface area (Å²) in [6.45, 7) is 3.74. The summed E-state index contributed by atoms with van der Waals surface area (Å²) in [7, 11) is 0. The van der Waals surface area contributed by atoms with Crippen molar-refractivity contribution in [1.82, 2.24) is 29.7 Å². The molecule has 1 saturated carbocycles. The van der Waals surface area contributed by atoms with Crippen LogP contribution in [0.4, 0.5) is 25.3 Å². The molecule has 66 heavy (non-hydrogen) atoms. The fourth-order valence-electron chi connectivity index (χ4n) is 11.3.